The van der Waals surface area contributed by atoms with E-state index in [-0.39, 0.29) is 18.9 Å². The van der Waals surface area contributed by atoms with Gasteiger partial charge in [-0.3, -0.25) is 9.78 Å². The fourth-order valence-electron chi connectivity index (χ4n) is 4.46. The Kier molecular flexibility index (Phi) is 8.07. The molecule has 0 unspecified atom stereocenters. The van der Waals surface area contributed by atoms with Crippen LogP contribution in [-0.2, 0) is 20.9 Å². The van der Waals surface area contributed by atoms with Crippen molar-refractivity contribution < 1.29 is 19.1 Å². The second kappa shape index (κ2) is 12.0. The Labute approximate surface area is 231 Å². The molecule has 2 aromatic carbocycles. The Balaban J connectivity index is 1.44. The van der Waals surface area contributed by atoms with Crippen LogP contribution in [-0.4, -0.2) is 33.5 Å². The average Bonchev–Trinajstić information content (AvgIpc) is 3.34. The van der Waals surface area contributed by atoms with Crippen LogP contribution in [0.3, 0.4) is 0 Å². The van der Waals surface area contributed by atoms with Crippen molar-refractivity contribution >= 4 is 28.8 Å². The van der Waals surface area contributed by atoms with Gasteiger partial charge < -0.3 is 19.7 Å². The van der Waals surface area contributed by atoms with Crippen LogP contribution in [0.2, 0.25) is 0 Å². The predicted molar refractivity (Wildman–Crippen MR) is 151 cm³/mol. The van der Waals surface area contributed by atoms with Gasteiger partial charge >= 0.3 is 5.97 Å². The quantitative estimate of drug-likeness (QED) is 0.347. The van der Waals surface area contributed by atoms with Crippen LogP contribution in [0.5, 0.6) is 11.5 Å². The molecule has 1 N–H and O–H groups in total. The third-order valence-corrected chi connectivity index (χ3v) is 7.12. The van der Waals surface area contributed by atoms with Crippen molar-refractivity contribution in [2.75, 3.05) is 6.61 Å². The lowest BCUT2D eigenvalue weighted by Gasteiger charge is -2.36. The summed E-state index contributed by atoms with van der Waals surface area (Å²) in [6.07, 6.45) is 3.52. The smallest absolute Gasteiger partial charge is 0.338 e. The van der Waals surface area contributed by atoms with Gasteiger partial charge in [-0.1, -0.05) is 42.1 Å². The van der Waals surface area contributed by atoms with Crippen LogP contribution >= 0.6 is 11.8 Å². The minimum atomic E-state index is -0.537. The minimum Gasteiger partial charge on any atom is -0.463 e. The number of carbonyl (C=O) groups excluding carboxylic acids is 2. The highest BCUT2D eigenvalue weighted by Gasteiger charge is 2.41. The number of carbonyl (C=O) groups is 2. The zero-order valence-corrected chi connectivity index (χ0v) is 22.5. The van der Waals surface area contributed by atoms with E-state index in [0.29, 0.717) is 34.5 Å². The van der Waals surface area contributed by atoms with Crippen LogP contribution < -0.4 is 10.1 Å². The maximum absolute atomic E-state index is 13.2. The molecule has 1 aromatic heterocycles. The number of pyridine rings is 1. The van der Waals surface area contributed by atoms with Crippen molar-refractivity contribution in [1.29, 1.82) is 0 Å². The molecule has 0 radical (unpaired) electrons. The molecule has 0 aliphatic carbocycles. The fourth-order valence-corrected chi connectivity index (χ4v) is 5.42. The van der Waals surface area contributed by atoms with E-state index >= 15 is 0 Å². The molecule has 8 nitrogen and oxygen atoms in total. The number of hydrogen-bond donors (Lipinski definition) is 1. The summed E-state index contributed by atoms with van der Waals surface area (Å²) in [6.45, 7) is 4.23. The molecule has 0 saturated carbocycles. The molecule has 0 fully saturated rings. The van der Waals surface area contributed by atoms with Crippen molar-refractivity contribution in [3.8, 4) is 11.5 Å². The standard InChI is InChI=1S/C30H28N4O4S/c1-3-37-29(36)27-20(2)33-30-34(23(19-39-30)17-26(35)32-18-21-12-14-31-15-13-21)28(27)22-8-7-11-25(16-22)38-24-9-5-4-6-10-24/h4-16,19,28H,3,17-18H2,1-2H3,(H,32,35)/t28-/m1/s1. The summed E-state index contributed by atoms with van der Waals surface area (Å²) in [5.41, 5.74) is 3.56. The summed E-state index contributed by atoms with van der Waals surface area (Å²) < 4.78 is 11.5. The van der Waals surface area contributed by atoms with Crippen LogP contribution in [0, 0.1) is 0 Å². The van der Waals surface area contributed by atoms with E-state index in [1.165, 1.54) is 11.8 Å². The topological polar surface area (TPSA) is 93.1 Å². The first-order valence-corrected chi connectivity index (χ1v) is 13.5. The van der Waals surface area contributed by atoms with E-state index in [1.807, 2.05) is 84.0 Å². The molecule has 3 heterocycles. The van der Waals surface area contributed by atoms with Crippen molar-refractivity contribution in [2.24, 2.45) is 4.99 Å². The Hall–Kier alpha value is -4.37. The van der Waals surface area contributed by atoms with Crippen molar-refractivity contribution in [3.05, 3.63) is 113 Å². The number of aromatic nitrogens is 1. The molecule has 2 aliphatic heterocycles. The van der Waals surface area contributed by atoms with E-state index in [9.17, 15) is 9.59 Å². The molecule has 0 saturated heterocycles. The minimum absolute atomic E-state index is 0.128. The number of para-hydroxylation sites is 1. The van der Waals surface area contributed by atoms with Gasteiger partial charge in [0.05, 0.1) is 30.3 Å². The Morgan fingerprint density at radius 1 is 1.03 bits per heavy atom. The molecule has 5 rings (SSSR count). The van der Waals surface area contributed by atoms with Gasteiger partial charge in [-0.25, -0.2) is 9.79 Å². The first kappa shape index (κ1) is 26.2. The molecule has 1 atom stereocenters. The molecule has 198 valence electrons. The number of amidine groups is 1. The Morgan fingerprint density at radius 2 is 1.79 bits per heavy atom. The Morgan fingerprint density at radius 3 is 2.56 bits per heavy atom. The van der Waals surface area contributed by atoms with E-state index in [2.05, 4.69) is 10.3 Å². The average molecular weight is 541 g/mol. The van der Waals surface area contributed by atoms with Crippen molar-refractivity contribution in [2.45, 2.75) is 32.9 Å². The number of nitrogens with one attached hydrogen (secondary N) is 1. The third-order valence-electron chi connectivity index (χ3n) is 6.23. The lowest BCUT2D eigenvalue weighted by atomic mass is 9.93. The molecule has 0 bridgehead atoms. The zero-order chi connectivity index (χ0) is 27.2. The lowest BCUT2D eigenvalue weighted by molar-refractivity contribution is -0.139. The summed E-state index contributed by atoms with van der Waals surface area (Å²) in [7, 11) is 0. The van der Waals surface area contributed by atoms with Crippen molar-refractivity contribution in [1.82, 2.24) is 15.2 Å². The van der Waals surface area contributed by atoms with E-state index in [0.717, 1.165) is 16.8 Å². The number of rotatable bonds is 9. The summed E-state index contributed by atoms with van der Waals surface area (Å²) >= 11 is 1.44. The van der Waals surface area contributed by atoms with Crippen LogP contribution in [0.25, 0.3) is 0 Å². The molecule has 2 aliphatic rings. The van der Waals surface area contributed by atoms with Gasteiger partial charge in [0.25, 0.3) is 0 Å². The summed E-state index contributed by atoms with van der Waals surface area (Å²) in [5, 5.41) is 5.59. The summed E-state index contributed by atoms with van der Waals surface area (Å²) in [6, 6.07) is 20.3. The molecular formula is C30H28N4O4S. The van der Waals surface area contributed by atoms with Gasteiger partial charge in [-0.05, 0) is 66.8 Å². The second-order valence-corrected chi connectivity index (χ2v) is 9.75. The molecule has 9 heteroatoms. The highest BCUT2D eigenvalue weighted by Crippen LogP contribution is 2.45. The van der Waals surface area contributed by atoms with Crippen LogP contribution in [0.4, 0.5) is 0 Å². The van der Waals surface area contributed by atoms with E-state index < -0.39 is 12.0 Å². The van der Waals surface area contributed by atoms with Gasteiger partial charge in [-0.15, -0.1) is 0 Å². The number of thioether (sulfide) groups is 1. The molecule has 1 amide bonds. The number of fused-ring (bicyclic) bond motifs is 1. The van der Waals surface area contributed by atoms with E-state index in [4.69, 9.17) is 14.5 Å². The SMILES string of the molecule is CCOC(=O)C1=C(C)N=C2SC=C(CC(=O)NCc3ccncc3)N2[C@@H]1c1cccc(Oc2ccccc2)c1. The first-order valence-electron chi connectivity index (χ1n) is 12.6. The number of nitrogens with zero attached hydrogens (tertiary/aromatic N) is 3. The third kappa shape index (κ3) is 6.04. The highest BCUT2D eigenvalue weighted by atomic mass is 32.2. The summed E-state index contributed by atoms with van der Waals surface area (Å²) in [5.74, 6) is 0.775. The first-order chi connectivity index (χ1) is 19.0. The maximum atomic E-state index is 13.2. The van der Waals surface area contributed by atoms with Crippen molar-refractivity contribution in [3.63, 3.8) is 0 Å². The van der Waals surface area contributed by atoms with Gasteiger partial charge in [0.1, 0.15) is 11.5 Å². The number of amides is 1. The van der Waals surface area contributed by atoms with Crippen LogP contribution in [0.1, 0.15) is 37.4 Å². The second-order valence-electron chi connectivity index (χ2n) is 8.91. The monoisotopic (exact) mass is 540 g/mol. The number of benzene rings is 2. The molecule has 3 aromatic rings. The number of ether oxygens (including phenoxy) is 2. The zero-order valence-electron chi connectivity index (χ0n) is 21.7. The number of aliphatic imine (C=N–C) groups is 1. The number of esters is 1. The van der Waals surface area contributed by atoms with Gasteiger partial charge in [0.15, 0.2) is 5.17 Å². The number of hydrogen-bond acceptors (Lipinski definition) is 8. The normalized spacial score (nSPS) is 16.3. The van der Waals surface area contributed by atoms with Gasteiger partial charge in [0, 0.05) is 24.6 Å². The summed E-state index contributed by atoms with van der Waals surface area (Å²) in [4.78, 5) is 36.9. The van der Waals surface area contributed by atoms with E-state index in [1.54, 1.807) is 19.3 Å². The maximum Gasteiger partial charge on any atom is 0.338 e. The largest absolute Gasteiger partial charge is 0.463 e. The lowest BCUT2D eigenvalue weighted by Crippen LogP contribution is -2.38. The van der Waals surface area contributed by atoms with Gasteiger partial charge in [0.2, 0.25) is 5.91 Å². The molecular weight excluding hydrogens is 512 g/mol. The predicted octanol–water partition coefficient (Wildman–Crippen LogP) is 5.72. The highest BCUT2D eigenvalue weighted by molar-refractivity contribution is 8.16. The fraction of sp³-hybridized carbons (Fsp3) is 0.200. The molecule has 39 heavy (non-hydrogen) atoms. The Bertz CT molecular complexity index is 1450. The van der Waals surface area contributed by atoms with Gasteiger partial charge in [-0.2, -0.15) is 0 Å². The number of allylic oxidation sites excluding steroid dienone is 1. The molecule has 0 spiro atoms. The van der Waals surface area contributed by atoms with Crippen LogP contribution in [0.15, 0.2) is 106 Å².